The van der Waals surface area contributed by atoms with Gasteiger partial charge in [-0.3, -0.25) is 9.00 Å². The molecule has 116 valence electrons. The van der Waals surface area contributed by atoms with Crippen LogP contribution in [0.4, 0.5) is 10.1 Å². The van der Waals surface area contributed by atoms with Gasteiger partial charge in [-0.15, -0.1) is 0 Å². The van der Waals surface area contributed by atoms with Gasteiger partial charge in [0.05, 0.1) is 6.61 Å². The molecule has 0 heterocycles. The lowest BCUT2D eigenvalue weighted by atomic mass is 10.2. The highest BCUT2D eigenvalue weighted by Gasteiger charge is 2.09. The van der Waals surface area contributed by atoms with Crippen molar-refractivity contribution in [3.63, 3.8) is 0 Å². The molecule has 1 N–H and O–H groups in total. The first-order valence-electron chi connectivity index (χ1n) is 6.68. The fourth-order valence-electron chi connectivity index (χ4n) is 1.85. The van der Waals surface area contributed by atoms with Gasteiger partial charge in [0.15, 0.2) is 11.6 Å². The van der Waals surface area contributed by atoms with Crippen molar-refractivity contribution >= 4 is 22.4 Å². The van der Waals surface area contributed by atoms with E-state index in [1.165, 1.54) is 12.1 Å². The molecular formula is C16H16FNO3S. The average molecular weight is 321 g/mol. The maximum Gasteiger partial charge on any atom is 0.255 e. The molecule has 22 heavy (non-hydrogen) atoms. The van der Waals surface area contributed by atoms with E-state index in [2.05, 4.69) is 5.32 Å². The summed E-state index contributed by atoms with van der Waals surface area (Å²) in [5.41, 5.74) is 0.748. The Kier molecular flexibility index (Phi) is 5.27. The Bertz CT molecular complexity index is 701. The van der Waals surface area contributed by atoms with E-state index in [1.54, 1.807) is 43.5 Å². The number of carbonyl (C=O) groups is 1. The Morgan fingerprint density at radius 2 is 1.91 bits per heavy atom. The van der Waals surface area contributed by atoms with Crippen molar-refractivity contribution in [2.75, 3.05) is 18.2 Å². The first kappa shape index (κ1) is 16.2. The SMILES string of the molecule is CCOc1ccc(NC(=O)c2ccc(S(C)=O)cc2)cc1F. The number of halogens is 1. The van der Waals surface area contributed by atoms with E-state index in [9.17, 15) is 13.4 Å². The van der Waals surface area contributed by atoms with E-state index >= 15 is 0 Å². The molecule has 1 amide bonds. The van der Waals surface area contributed by atoms with Crippen molar-refractivity contribution in [1.29, 1.82) is 0 Å². The van der Waals surface area contributed by atoms with Crippen LogP contribution in [-0.2, 0) is 10.8 Å². The fourth-order valence-corrected chi connectivity index (χ4v) is 2.37. The lowest BCUT2D eigenvalue weighted by Crippen LogP contribution is -2.12. The molecular weight excluding hydrogens is 305 g/mol. The molecule has 0 saturated heterocycles. The molecule has 0 radical (unpaired) electrons. The Morgan fingerprint density at radius 1 is 1.23 bits per heavy atom. The minimum absolute atomic E-state index is 0.148. The van der Waals surface area contributed by atoms with Crippen LogP contribution in [0.3, 0.4) is 0 Å². The van der Waals surface area contributed by atoms with Gasteiger partial charge in [0.2, 0.25) is 0 Å². The van der Waals surface area contributed by atoms with Gasteiger partial charge in [0.1, 0.15) is 0 Å². The zero-order valence-electron chi connectivity index (χ0n) is 12.3. The van der Waals surface area contributed by atoms with E-state index in [0.717, 1.165) is 0 Å². The first-order valence-corrected chi connectivity index (χ1v) is 8.24. The van der Waals surface area contributed by atoms with Crippen LogP contribution in [0.5, 0.6) is 5.75 Å². The van der Waals surface area contributed by atoms with E-state index in [0.29, 0.717) is 22.8 Å². The van der Waals surface area contributed by atoms with Crippen LogP contribution in [0.1, 0.15) is 17.3 Å². The van der Waals surface area contributed by atoms with Gasteiger partial charge in [0, 0.05) is 39.3 Å². The van der Waals surface area contributed by atoms with E-state index < -0.39 is 16.6 Å². The van der Waals surface area contributed by atoms with Crippen molar-refractivity contribution in [2.24, 2.45) is 0 Å². The maximum atomic E-state index is 13.7. The number of benzene rings is 2. The molecule has 1 atom stereocenters. The highest BCUT2D eigenvalue weighted by molar-refractivity contribution is 7.84. The van der Waals surface area contributed by atoms with Crippen LogP contribution in [0.25, 0.3) is 0 Å². The topological polar surface area (TPSA) is 55.4 Å². The quantitative estimate of drug-likeness (QED) is 0.920. The minimum Gasteiger partial charge on any atom is -0.491 e. The molecule has 4 nitrogen and oxygen atoms in total. The summed E-state index contributed by atoms with van der Waals surface area (Å²) in [4.78, 5) is 12.7. The van der Waals surface area contributed by atoms with Crippen molar-refractivity contribution in [2.45, 2.75) is 11.8 Å². The summed E-state index contributed by atoms with van der Waals surface area (Å²) in [6.07, 6.45) is 1.57. The summed E-state index contributed by atoms with van der Waals surface area (Å²) in [6.45, 7) is 2.13. The van der Waals surface area contributed by atoms with E-state index in [-0.39, 0.29) is 11.7 Å². The van der Waals surface area contributed by atoms with E-state index in [4.69, 9.17) is 4.74 Å². The predicted molar refractivity (Wildman–Crippen MR) is 84.3 cm³/mol. The molecule has 0 aliphatic carbocycles. The largest absolute Gasteiger partial charge is 0.491 e. The maximum absolute atomic E-state index is 13.7. The number of hydrogen-bond donors (Lipinski definition) is 1. The standard InChI is InChI=1S/C16H16FNO3S/c1-3-21-15-9-6-12(10-14(15)17)18-16(19)11-4-7-13(8-5-11)22(2)20/h4-10H,3H2,1-2H3,(H,18,19). The predicted octanol–water partition coefficient (Wildman–Crippen LogP) is 3.21. The molecule has 6 heteroatoms. The van der Waals surface area contributed by atoms with Crippen LogP contribution in [0, 0.1) is 5.82 Å². The summed E-state index contributed by atoms with van der Waals surface area (Å²) in [5, 5.41) is 2.61. The van der Waals surface area contributed by atoms with Gasteiger partial charge in [-0.25, -0.2) is 4.39 Å². The summed E-state index contributed by atoms with van der Waals surface area (Å²) in [5.74, 6) is -0.747. The van der Waals surface area contributed by atoms with Crippen LogP contribution in [0.2, 0.25) is 0 Å². The minimum atomic E-state index is -1.09. The molecule has 0 spiro atoms. The second-order valence-corrected chi connectivity index (χ2v) is 5.89. The third-order valence-electron chi connectivity index (χ3n) is 2.94. The summed E-state index contributed by atoms with van der Waals surface area (Å²) in [7, 11) is -1.09. The Balaban J connectivity index is 2.11. The smallest absolute Gasteiger partial charge is 0.255 e. The third-order valence-corrected chi connectivity index (χ3v) is 3.87. The third kappa shape index (κ3) is 3.92. The van der Waals surface area contributed by atoms with Crippen molar-refractivity contribution < 1.29 is 18.1 Å². The number of amides is 1. The van der Waals surface area contributed by atoms with Crippen molar-refractivity contribution in [3.05, 3.63) is 53.8 Å². The highest BCUT2D eigenvalue weighted by Crippen LogP contribution is 2.21. The van der Waals surface area contributed by atoms with Crippen molar-refractivity contribution in [3.8, 4) is 5.75 Å². The van der Waals surface area contributed by atoms with Gasteiger partial charge in [0.25, 0.3) is 5.91 Å². The molecule has 0 aromatic heterocycles. The Hall–Kier alpha value is -2.21. The normalized spacial score (nSPS) is 11.8. The molecule has 1 unspecified atom stereocenters. The highest BCUT2D eigenvalue weighted by atomic mass is 32.2. The molecule has 2 aromatic carbocycles. The summed E-state index contributed by atoms with van der Waals surface area (Å²) >= 11 is 0. The zero-order valence-corrected chi connectivity index (χ0v) is 13.1. The van der Waals surface area contributed by atoms with Crippen LogP contribution >= 0.6 is 0 Å². The number of anilines is 1. The number of hydrogen-bond acceptors (Lipinski definition) is 3. The van der Waals surface area contributed by atoms with Gasteiger partial charge in [-0.1, -0.05) is 0 Å². The zero-order chi connectivity index (χ0) is 16.1. The lowest BCUT2D eigenvalue weighted by molar-refractivity contribution is 0.102. The number of carbonyl (C=O) groups excluding carboxylic acids is 1. The van der Waals surface area contributed by atoms with Crippen LogP contribution in [-0.4, -0.2) is 23.0 Å². The molecule has 2 aromatic rings. The number of nitrogens with one attached hydrogen (secondary N) is 1. The molecule has 0 saturated carbocycles. The summed E-state index contributed by atoms with van der Waals surface area (Å²) in [6, 6.07) is 10.7. The number of ether oxygens (including phenoxy) is 1. The van der Waals surface area contributed by atoms with Gasteiger partial charge in [-0.2, -0.15) is 0 Å². The van der Waals surface area contributed by atoms with Gasteiger partial charge < -0.3 is 10.1 Å². The van der Waals surface area contributed by atoms with Crippen LogP contribution in [0.15, 0.2) is 47.4 Å². The number of rotatable bonds is 5. The Labute approximate surface area is 130 Å². The molecule has 0 aliphatic rings. The second-order valence-electron chi connectivity index (χ2n) is 4.51. The summed E-state index contributed by atoms with van der Waals surface area (Å²) < 4.78 is 30.1. The molecule has 0 fully saturated rings. The second kappa shape index (κ2) is 7.17. The van der Waals surface area contributed by atoms with E-state index in [1.807, 2.05) is 0 Å². The molecule has 0 bridgehead atoms. The van der Waals surface area contributed by atoms with Gasteiger partial charge >= 0.3 is 0 Å². The van der Waals surface area contributed by atoms with Crippen molar-refractivity contribution in [1.82, 2.24) is 0 Å². The molecule has 2 rings (SSSR count). The Morgan fingerprint density at radius 3 is 2.45 bits per heavy atom. The van der Waals surface area contributed by atoms with Gasteiger partial charge in [-0.05, 0) is 43.3 Å². The lowest BCUT2D eigenvalue weighted by Gasteiger charge is -2.08. The first-order chi connectivity index (χ1) is 10.5. The molecule has 0 aliphatic heterocycles. The monoisotopic (exact) mass is 321 g/mol. The fraction of sp³-hybridized carbons (Fsp3) is 0.188. The van der Waals surface area contributed by atoms with Crippen LogP contribution < -0.4 is 10.1 Å². The average Bonchev–Trinajstić information content (AvgIpc) is 2.50.